The number of hydrogen-bond acceptors (Lipinski definition) is 4. The number of carbonyl (C=O) groups excluding carboxylic acids is 1. The molecule has 2 fully saturated rings. The summed E-state index contributed by atoms with van der Waals surface area (Å²) in [7, 11) is 0. The third-order valence-corrected chi connectivity index (χ3v) is 5.65. The SMILES string of the molecule is C[C@H](NC(=O)c1ccc(N2CCCC2)cc1)c1nncn1C1CCCC1. The molecular weight excluding hydrogens is 326 g/mol. The molecule has 1 saturated carbocycles. The van der Waals surface area contributed by atoms with Crippen LogP contribution in [-0.4, -0.2) is 33.8 Å². The molecule has 0 unspecified atom stereocenters. The lowest BCUT2D eigenvalue weighted by Gasteiger charge is -2.19. The quantitative estimate of drug-likeness (QED) is 0.894. The summed E-state index contributed by atoms with van der Waals surface area (Å²) in [4.78, 5) is 15.0. The minimum absolute atomic E-state index is 0.0635. The summed E-state index contributed by atoms with van der Waals surface area (Å²) in [5.74, 6) is 0.783. The van der Waals surface area contributed by atoms with Crippen molar-refractivity contribution in [2.75, 3.05) is 18.0 Å². The molecule has 1 aliphatic heterocycles. The van der Waals surface area contributed by atoms with Gasteiger partial charge in [-0.05, 0) is 56.9 Å². The van der Waals surface area contributed by atoms with Crippen LogP contribution >= 0.6 is 0 Å². The Labute approximate surface area is 154 Å². The number of amides is 1. The van der Waals surface area contributed by atoms with Gasteiger partial charge in [0.1, 0.15) is 6.33 Å². The van der Waals surface area contributed by atoms with Gasteiger partial charge >= 0.3 is 0 Å². The van der Waals surface area contributed by atoms with Gasteiger partial charge in [0.15, 0.2) is 5.82 Å². The molecule has 26 heavy (non-hydrogen) atoms. The fourth-order valence-corrected chi connectivity index (χ4v) is 4.17. The maximum absolute atomic E-state index is 12.6. The molecule has 2 aromatic rings. The van der Waals surface area contributed by atoms with Gasteiger partial charge in [-0.2, -0.15) is 0 Å². The Balaban J connectivity index is 1.42. The van der Waals surface area contributed by atoms with Gasteiger partial charge in [0.05, 0.1) is 6.04 Å². The van der Waals surface area contributed by atoms with Crippen molar-refractivity contribution in [3.8, 4) is 0 Å². The smallest absolute Gasteiger partial charge is 0.251 e. The van der Waals surface area contributed by atoms with Gasteiger partial charge in [-0.1, -0.05) is 12.8 Å². The highest BCUT2D eigenvalue weighted by molar-refractivity contribution is 5.94. The van der Waals surface area contributed by atoms with E-state index in [1.54, 1.807) is 6.33 Å². The average Bonchev–Trinajstić information content (AvgIpc) is 3.43. The number of benzene rings is 1. The van der Waals surface area contributed by atoms with Gasteiger partial charge in [-0.25, -0.2) is 0 Å². The van der Waals surface area contributed by atoms with Crippen LogP contribution in [-0.2, 0) is 0 Å². The summed E-state index contributed by atoms with van der Waals surface area (Å²) < 4.78 is 2.15. The van der Waals surface area contributed by atoms with Gasteiger partial charge < -0.3 is 14.8 Å². The molecule has 0 bridgehead atoms. The van der Waals surface area contributed by atoms with Gasteiger partial charge in [0.25, 0.3) is 5.91 Å². The van der Waals surface area contributed by atoms with E-state index in [-0.39, 0.29) is 11.9 Å². The van der Waals surface area contributed by atoms with E-state index in [1.807, 2.05) is 31.2 Å². The second kappa shape index (κ2) is 7.48. The van der Waals surface area contributed by atoms with E-state index in [4.69, 9.17) is 0 Å². The second-order valence-electron chi connectivity index (χ2n) is 7.47. The normalized spacial score (nSPS) is 19.0. The van der Waals surface area contributed by atoms with Crippen LogP contribution in [0, 0.1) is 0 Å². The summed E-state index contributed by atoms with van der Waals surface area (Å²) >= 11 is 0. The van der Waals surface area contributed by atoms with E-state index in [0.29, 0.717) is 11.6 Å². The van der Waals surface area contributed by atoms with Crippen LogP contribution in [0.5, 0.6) is 0 Å². The van der Waals surface area contributed by atoms with Crippen LogP contribution in [0.25, 0.3) is 0 Å². The number of hydrogen-bond donors (Lipinski definition) is 1. The first kappa shape index (κ1) is 17.1. The maximum atomic E-state index is 12.6. The Bertz CT molecular complexity index is 742. The minimum atomic E-state index is -0.163. The van der Waals surface area contributed by atoms with Crippen molar-refractivity contribution in [1.29, 1.82) is 0 Å². The highest BCUT2D eigenvalue weighted by Gasteiger charge is 2.23. The van der Waals surface area contributed by atoms with E-state index >= 15 is 0 Å². The largest absolute Gasteiger partial charge is 0.372 e. The number of rotatable bonds is 5. The second-order valence-corrected chi connectivity index (χ2v) is 7.47. The molecule has 2 heterocycles. The van der Waals surface area contributed by atoms with Crippen molar-refractivity contribution in [3.05, 3.63) is 42.0 Å². The zero-order valence-electron chi connectivity index (χ0n) is 15.4. The van der Waals surface area contributed by atoms with Crippen LogP contribution in [0.3, 0.4) is 0 Å². The highest BCUT2D eigenvalue weighted by Crippen LogP contribution is 2.31. The number of anilines is 1. The number of nitrogens with one attached hydrogen (secondary N) is 1. The minimum Gasteiger partial charge on any atom is -0.372 e. The molecule has 0 radical (unpaired) electrons. The lowest BCUT2D eigenvalue weighted by molar-refractivity contribution is 0.0937. The van der Waals surface area contributed by atoms with Gasteiger partial charge in [0, 0.05) is 30.4 Å². The molecule has 6 heteroatoms. The first-order valence-electron chi connectivity index (χ1n) is 9.77. The summed E-state index contributed by atoms with van der Waals surface area (Å²) in [6, 6.07) is 8.23. The van der Waals surface area contributed by atoms with Crippen LogP contribution < -0.4 is 10.2 Å². The monoisotopic (exact) mass is 353 g/mol. The standard InChI is InChI=1S/C20H27N5O/c1-15(19-23-21-14-25(19)18-6-2-3-7-18)22-20(26)16-8-10-17(11-9-16)24-12-4-5-13-24/h8-11,14-15,18H,2-7,12-13H2,1H3,(H,22,26)/t15-/m0/s1. The Kier molecular flexibility index (Phi) is 4.91. The molecule has 0 spiro atoms. The van der Waals surface area contributed by atoms with Gasteiger partial charge in [-0.3, -0.25) is 4.79 Å². The van der Waals surface area contributed by atoms with Crippen molar-refractivity contribution < 1.29 is 4.79 Å². The highest BCUT2D eigenvalue weighted by atomic mass is 16.1. The van der Waals surface area contributed by atoms with Crippen molar-refractivity contribution in [3.63, 3.8) is 0 Å². The lowest BCUT2D eigenvalue weighted by Crippen LogP contribution is -2.29. The van der Waals surface area contributed by atoms with Gasteiger partial charge in [0.2, 0.25) is 0 Å². The zero-order valence-corrected chi connectivity index (χ0v) is 15.4. The molecule has 1 aromatic heterocycles. The molecule has 4 rings (SSSR count). The Morgan fingerprint density at radius 1 is 1.12 bits per heavy atom. The van der Waals surface area contributed by atoms with Crippen molar-refractivity contribution in [1.82, 2.24) is 20.1 Å². The Morgan fingerprint density at radius 2 is 1.81 bits per heavy atom. The number of nitrogens with zero attached hydrogens (tertiary/aromatic N) is 4. The zero-order chi connectivity index (χ0) is 17.9. The molecule has 1 N–H and O–H groups in total. The molecule has 1 aliphatic carbocycles. The van der Waals surface area contributed by atoms with Crippen molar-refractivity contribution in [2.24, 2.45) is 0 Å². The molecule has 1 atom stereocenters. The fourth-order valence-electron chi connectivity index (χ4n) is 4.17. The van der Waals surface area contributed by atoms with Crippen LogP contribution in [0.4, 0.5) is 5.69 Å². The van der Waals surface area contributed by atoms with E-state index in [0.717, 1.165) is 18.9 Å². The third kappa shape index (κ3) is 3.45. The predicted molar refractivity (Wildman–Crippen MR) is 101 cm³/mol. The summed E-state index contributed by atoms with van der Waals surface area (Å²) in [6.45, 7) is 4.20. The van der Waals surface area contributed by atoms with Crippen molar-refractivity contribution in [2.45, 2.75) is 57.5 Å². The summed E-state index contributed by atoms with van der Waals surface area (Å²) in [6.07, 6.45) is 9.16. The Morgan fingerprint density at radius 3 is 2.50 bits per heavy atom. The molecule has 1 aromatic carbocycles. The molecular formula is C20H27N5O. The first-order valence-corrected chi connectivity index (χ1v) is 9.77. The molecule has 138 valence electrons. The van der Waals surface area contributed by atoms with Gasteiger partial charge in [-0.15, -0.1) is 10.2 Å². The molecule has 1 amide bonds. The van der Waals surface area contributed by atoms with Crippen LogP contribution in [0.2, 0.25) is 0 Å². The summed E-state index contributed by atoms with van der Waals surface area (Å²) in [5.41, 5.74) is 1.89. The predicted octanol–water partition coefficient (Wildman–Crippen LogP) is 3.48. The first-order chi connectivity index (χ1) is 12.7. The number of aromatic nitrogens is 3. The molecule has 6 nitrogen and oxygen atoms in total. The molecule has 1 saturated heterocycles. The van der Waals surface area contributed by atoms with E-state index < -0.39 is 0 Å². The average molecular weight is 353 g/mol. The fraction of sp³-hybridized carbons (Fsp3) is 0.550. The van der Waals surface area contributed by atoms with E-state index in [9.17, 15) is 4.79 Å². The summed E-state index contributed by atoms with van der Waals surface area (Å²) in [5, 5.41) is 11.4. The Hall–Kier alpha value is -2.37. The lowest BCUT2D eigenvalue weighted by atomic mass is 10.1. The van der Waals surface area contributed by atoms with Crippen LogP contribution in [0.15, 0.2) is 30.6 Å². The van der Waals surface area contributed by atoms with Crippen molar-refractivity contribution >= 4 is 11.6 Å². The third-order valence-electron chi connectivity index (χ3n) is 5.65. The number of carbonyl (C=O) groups is 1. The maximum Gasteiger partial charge on any atom is 0.251 e. The topological polar surface area (TPSA) is 63.1 Å². The van der Waals surface area contributed by atoms with Crippen LogP contribution in [0.1, 0.15) is 73.7 Å². The van der Waals surface area contributed by atoms with E-state index in [2.05, 4.69) is 25.0 Å². The van der Waals surface area contributed by atoms with E-state index in [1.165, 1.54) is 44.2 Å². The molecule has 2 aliphatic rings.